The summed E-state index contributed by atoms with van der Waals surface area (Å²) in [4.78, 5) is 18.7. The molecule has 0 atom stereocenters. The lowest BCUT2D eigenvalue weighted by atomic mass is 10.0. The molecule has 1 aromatic carbocycles. The van der Waals surface area contributed by atoms with Gasteiger partial charge in [-0.05, 0) is 55.8 Å². The van der Waals surface area contributed by atoms with Crippen LogP contribution in [-0.2, 0) is 6.42 Å². The van der Waals surface area contributed by atoms with E-state index in [1.165, 1.54) is 12.1 Å². The molecular formula is C20H19ClF2N2O. The summed E-state index contributed by atoms with van der Waals surface area (Å²) in [5, 5.41) is 0.228. The van der Waals surface area contributed by atoms with Crippen molar-refractivity contribution in [2.75, 3.05) is 20.1 Å². The molecule has 1 aromatic heterocycles. The molecule has 0 unspecified atom stereocenters. The maximum absolute atomic E-state index is 14.7. The van der Waals surface area contributed by atoms with Crippen molar-refractivity contribution in [2.45, 2.75) is 19.3 Å². The third kappa shape index (κ3) is 4.34. The molecule has 0 bridgehead atoms. The third-order valence-electron chi connectivity index (χ3n) is 4.51. The van der Waals surface area contributed by atoms with Gasteiger partial charge >= 0.3 is 0 Å². The molecule has 3 nitrogen and oxygen atoms in total. The molecule has 0 saturated carbocycles. The average Bonchev–Trinajstić information content (AvgIpc) is 2.62. The van der Waals surface area contributed by atoms with Gasteiger partial charge in [0.25, 0.3) is 0 Å². The Bertz CT molecular complexity index is 857. The molecule has 1 aliphatic rings. The molecule has 0 amide bonds. The maximum Gasteiger partial charge on any atom is 0.171 e. The summed E-state index contributed by atoms with van der Waals surface area (Å²) in [5.41, 5.74) is 1.34. The van der Waals surface area contributed by atoms with Crippen molar-refractivity contribution in [3.63, 3.8) is 0 Å². The molecule has 3 rings (SSSR count). The van der Waals surface area contributed by atoms with Crippen molar-refractivity contribution in [2.24, 2.45) is 0 Å². The number of pyridine rings is 1. The van der Waals surface area contributed by atoms with Crippen LogP contribution >= 0.6 is 11.6 Å². The second-order valence-electron chi connectivity index (χ2n) is 6.46. The number of nitrogens with zero attached hydrogens (tertiary/aromatic N) is 2. The number of piperidine rings is 1. The number of aromatic nitrogens is 1. The van der Waals surface area contributed by atoms with Crippen molar-refractivity contribution in [1.29, 1.82) is 0 Å². The number of carbonyl (C=O) groups is 1. The molecule has 1 fully saturated rings. The fourth-order valence-electron chi connectivity index (χ4n) is 2.96. The first kappa shape index (κ1) is 18.7. The zero-order chi connectivity index (χ0) is 18.7. The largest absolute Gasteiger partial charge is 0.306 e. The van der Waals surface area contributed by atoms with Crippen LogP contribution in [0.5, 0.6) is 0 Å². The van der Waals surface area contributed by atoms with Gasteiger partial charge in [-0.15, -0.1) is 0 Å². The summed E-state index contributed by atoms with van der Waals surface area (Å²) >= 11 is 5.71. The Balaban J connectivity index is 1.79. The van der Waals surface area contributed by atoms with E-state index in [9.17, 15) is 13.6 Å². The molecule has 0 spiro atoms. The van der Waals surface area contributed by atoms with Gasteiger partial charge in [0.2, 0.25) is 0 Å². The second-order valence-corrected chi connectivity index (χ2v) is 6.90. The summed E-state index contributed by atoms with van der Waals surface area (Å²) in [6.45, 7) is 1.63. The number of halogens is 3. The lowest BCUT2D eigenvalue weighted by Crippen LogP contribution is -2.26. The predicted octanol–water partition coefficient (Wildman–Crippen LogP) is 4.71. The molecular weight excluding hydrogens is 358 g/mol. The molecule has 136 valence electrons. The number of benzene rings is 1. The van der Waals surface area contributed by atoms with Crippen LogP contribution in [0.2, 0.25) is 5.02 Å². The Labute approximate surface area is 156 Å². The first-order valence-corrected chi connectivity index (χ1v) is 8.82. The van der Waals surface area contributed by atoms with E-state index in [-0.39, 0.29) is 28.5 Å². The Morgan fingerprint density at radius 1 is 1.23 bits per heavy atom. The van der Waals surface area contributed by atoms with Crippen LogP contribution in [0, 0.1) is 5.82 Å². The first-order valence-electron chi connectivity index (χ1n) is 8.44. The Morgan fingerprint density at radius 3 is 2.65 bits per heavy atom. The number of hydrogen-bond donors (Lipinski definition) is 0. The summed E-state index contributed by atoms with van der Waals surface area (Å²) in [5.74, 6) is -1.40. The third-order valence-corrected chi connectivity index (χ3v) is 4.74. The molecule has 0 radical (unpaired) electrons. The highest BCUT2D eigenvalue weighted by Crippen LogP contribution is 2.26. The fraction of sp³-hybridized carbons (Fsp3) is 0.300. The Kier molecular flexibility index (Phi) is 5.79. The molecule has 0 aliphatic carbocycles. The number of rotatable bonds is 4. The first-order chi connectivity index (χ1) is 12.4. The molecule has 6 heteroatoms. The van der Waals surface area contributed by atoms with E-state index in [1.807, 2.05) is 7.05 Å². The lowest BCUT2D eigenvalue weighted by molar-refractivity contribution is 0.0988. The highest BCUT2D eigenvalue weighted by Gasteiger charge is 2.18. The van der Waals surface area contributed by atoms with E-state index in [0.29, 0.717) is 18.5 Å². The molecule has 2 aromatic rings. The van der Waals surface area contributed by atoms with Gasteiger partial charge in [-0.1, -0.05) is 17.7 Å². The van der Waals surface area contributed by atoms with Gasteiger partial charge in [0, 0.05) is 23.8 Å². The Morgan fingerprint density at radius 2 is 1.96 bits per heavy atom. The monoisotopic (exact) mass is 376 g/mol. The number of hydrogen-bond acceptors (Lipinski definition) is 3. The van der Waals surface area contributed by atoms with Crippen molar-refractivity contribution >= 4 is 23.2 Å². The SMILES string of the molecule is CN1CCC(=C(F)c2cccc(CC(=O)c3ccc(Cl)cc3F)n2)CC1. The van der Waals surface area contributed by atoms with E-state index in [2.05, 4.69) is 9.88 Å². The van der Waals surface area contributed by atoms with Crippen molar-refractivity contribution in [1.82, 2.24) is 9.88 Å². The highest BCUT2D eigenvalue weighted by atomic mass is 35.5. The molecule has 1 saturated heterocycles. The minimum absolute atomic E-state index is 0.0456. The normalized spacial score (nSPS) is 15.2. The van der Waals surface area contributed by atoms with Crippen molar-refractivity contribution < 1.29 is 13.6 Å². The van der Waals surface area contributed by atoms with Crippen LogP contribution in [0.4, 0.5) is 8.78 Å². The van der Waals surface area contributed by atoms with E-state index in [0.717, 1.165) is 24.7 Å². The standard InChI is InChI=1S/C20H19ClF2N2O/c1-25-9-7-13(8-10-25)20(23)18-4-2-3-15(24-18)12-19(26)16-6-5-14(21)11-17(16)22/h2-6,11H,7-10,12H2,1H3. The fourth-order valence-corrected chi connectivity index (χ4v) is 3.12. The number of Topliss-reactive ketones (excluding diaryl/α,β-unsaturated/α-hetero) is 1. The topological polar surface area (TPSA) is 33.2 Å². The van der Waals surface area contributed by atoms with E-state index in [4.69, 9.17) is 11.6 Å². The number of carbonyl (C=O) groups excluding carboxylic acids is 1. The van der Waals surface area contributed by atoms with Crippen LogP contribution in [0.1, 0.15) is 34.6 Å². The zero-order valence-electron chi connectivity index (χ0n) is 14.4. The van der Waals surface area contributed by atoms with Gasteiger partial charge in [0.05, 0.1) is 17.7 Å². The van der Waals surface area contributed by atoms with Crippen LogP contribution in [0.15, 0.2) is 42.0 Å². The molecule has 26 heavy (non-hydrogen) atoms. The zero-order valence-corrected chi connectivity index (χ0v) is 15.2. The lowest BCUT2D eigenvalue weighted by Gasteiger charge is -2.24. The Hall–Kier alpha value is -2.11. The average molecular weight is 377 g/mol. The van der Waals surface area contributed by atoms with Crippen LogP contribution < -0.4 is 0 Å². The van der Waals surface area contributed by atoms with Crippen LogP contribution in [0.25, 0.3) is 5.83 Å². The summed E-state index contributed by atoms with van der Waals surface area (Å²) in [6, 6.07) is 8.82. The van der Waals surface area contributed by atoms with Gasteiger partial charge in [-0.3, -0.25) is 4.79 Å². The molecule has 0 N–H and O–H groups in total. The minimum atomic E-state index is -0.668. The summed E-state index contributed by atoms with van der Waals surface area (Å²) in [7, 11) is 2.01. The van der Waals surface area contributed by atoms with Gasteiger partial charge < -0.3 is 4.90 Å². The minimum Gasteiger partial charge on any atom is -0.306 e. The van der Waals surface area contributed by atoms with Crippen LogP contribution in [0.3, 0.4) is 0 Å². The predicted molar refractivity (Wildman–Crippen MR) is 98.4 cm³/mol. The summed E-state index contributed by atoms with van der Waals surface area (Å²) in [6.07, 6.45) is 1.24. The highest BCUT2D eigenvalue weighted by molar-refractivity contribution is 6.30. The van der Waals surface area contributed by atoms with Gasteiger partial charge in [-0.2, -0.15) is 0 Å². The van der Waals surface area contributed by atoms with Gasteiger partial charge in [0.1, 0.15) is 11.6 Å². The van der Waals surface area contributed by atoms with Gasteiger partial charge in [0.15, 0.2) is 5.78 Å². The molecule has 2 heterocycles. The number of ketones is 1. The van der Waals surface area contributed by atoms with Crippen LogP contribution in [-0.4, -0.2) is 35.8 Å². The summed E-state index contributed by atoms with van der Waals surface area (Å²) < 4.78 is 28.6. The van der Waals surface area contributed by atoms with E-state index >= 15 is 0 Å². The van der Waals surface area contributed by atoms with E-state index < -0.39 is 11.6 Å². The van der Waals surface area contributed by atoms with Crippen molar-refractivity contribution in [3.05, 3.63) is 69.8 Å². The quantitative estimate of drug-likeness (QED) is 0.725. The van der Waals surface area contributed by atoms with Gasteiger partial charge in [-0.25, -0.2) is 13.8 Å². The van der Waals surface area contributed by atoms with Crippen molar-refractivity contribution in [3.8, 4) is 0 Å². The second kappa shape index (κ2) is 8.06. The van der Waals surface area contributed by atoms with E-state index in [1.54, 1.807) is 18.2 Å². The number of likely N-dealkylation sites (tertiary alicyclic amines) is 1. The molecule has 1 aliphatic heterocycles. The maximum atomic E-state index is 14.7. The smallest absolute Gasteiger partial charge is 0.171 e.